The van der Waals surface area contributed by atoms with Crippen LogP contribution in [0, 0.1) is 17.3 Å². The van der Waals surface area contributed by atoms with Gasteiger partial charge in [0.05, 0.1) is 6.61 Å². The summed E-state index contributed by atoms with van der Waals surface area (Å²) in [6.07, 6.45) is 3.62. The highest BCUT2D eigenvalue weighted by Crippen LogP contribution is 2.49. The van der Waals surface area contributed by atoms with Crippen LogP contribution in [0.5, 0.6) is 0 Å². The second-order valence-corrected chi connectivity index (χ2v) is 6.93. The molecule has 2 aliphatic heterocycles. The van der Waals surface area contributed by atoms with Gasteiger partial charge < -0.3 is 10.1 Å². The maximum absolute atomic E-state index is 13.3. The number of likely N-dealkylation sites (tertiary alicyclic amines) is 1. The molecule has 2 unspecified atom stereocenters. The highest BCUT2D eigenvalue weighted by molar-refractivity contribution is 5.28. The minimum Gasteiger partial charge on any atom is -0.384 e. The van der Waals surface area contributed by atoms with Crippen LogP contribution >= 0.6 is 0 Å². The van der Waals surface area contributed by atoms with Crippen molar-refractivity contribution in [2.24, 2.45) is 5.41 Å². The topological polar surface area (TPSA) is 24.5 Å². The van der Waals surface area contributed by atoms with Gasteiger partial charge in [0, 0.05) is 31.0 Å². The Labute approximate surface area is 139 Å². The van der Waals surface area contributed by atoms with Gasteiger partial charge in [-0.2, -0.15) is 0 Å². The van der Waals surface area contributed by atoms with Crippen molar-refractivity contribution in [1.82, 2.24) is 10.2 Å². The Morgan fingerprint density at radius 2 is 2.00 bits per heavy atom. The van der Waals surface area contributed by atoms with Gasteiger partial charge >= 0.3 is 0 Å². The number of rotatable bonds is 5. The monoisotopic (exact) mass is 319 g/mol. The second-order valence-electron chi connectivity index (χ2n) is 6.93. The molecule has 0 aromatic heterocycles. The van der Waals surface area contributed by atoms with E-state index in [2.05, 4.69) is 17.1 Å². The van der Waals surface area contributed by atoms with Gasteiger partial charge in [-0.15, -0.1) is 0 Å². The van der Waals surface area contributed by atoms with Crippen molar-refractivity contribution in [3.05, 3.63) is 41.7 Å². The molecule has 1 N–H and O–H groups in total. The van der Waals surface area contributed by atoms with E-state index in [1.165, 1.54) is 24.4 Å². The fraction of sp³-hybridized carbons (Fsp3) is 0.632. The highest BCUT2D eigenvalue weighted by atomic mass is 19.1. The average Bonchev–Trinajstić information content (AvgIpc) is 3.10. The average molecular weight is 319 g/mol. The Morgan fingerprint density at radius 3 is 2.65 bits per heavy atom. The summed E-state index contributed by atoms with van der Waals surface area (Å²) in [6.45, 7) is 7.24. The minimum atomic E-state index is -0.171. The van der Waals surface area contributed by atoms with Crippen LogP contribution in [0.2, 0.25) is 0 Å². The SMILES string of the molecule is COCC1([C](C)N2CCCC2)CCNCC1c1ccc(F)cc1. The quantitative estimate of drug-likeness (QED) is 0.902. The minimum absolute atomic E-state index is 0.00215. The number of nitrogens with zero attached hydrogens (tertiary/aromatic N) is 1. The zero-order chi connectivity index (χ0) is 16.3. The highest BCUT2D eigenvalue weighted by Gasteiger charge is 2.48. The number of ether oxygens (including phenoxy) is 1. The summed E-state index contributed by atoms with van der Waals surface area (Å²) in [4.78, 5) is 2.54. The van der Waals surface area contributed by atoms with Crippen molar-refractivity contribution in [3.63, 3.8) is 0 Å². The van der Waals surface area contributed by atoms with Gasteiger partial charge in [0.25, 0.3) is 0 Å². The molecule has 0 bridgehead atoms. The molecule has 1 aromatic rings. The first-order valence-corrected chi connectivity index (χ1v) is 8.71. The maximum Gasteiger partial charge on any atom is 0.123 e. The molecule has 4 heteroatoms. The van der Waals surface area contributed by atoms with Crippen LogP contribution < -0.4 is 5.32 Å². The van der Waals surface area contributed by atoms with E-state index in [1.807, 2.05) is 12.1 Å². The summed E-state index contributed by atoms with van der Waals surface area (Å²) in [5.74, 6) is 0.146. The van der Waals surface area contributed by atoms with E-state index in [4.69, 9.17) is 4.74 Å². The summed E-state index contributed by atoms with van der Waals surface area (Å²) in [6, 6.07) is 8.48. The van der Waals surface area contributed by atoms with Crippen molar-refractivity contribution in [1.29, 1.82) is 0 Å². The molecule has 0 saturated carbocycles. The van der Waals surface area contributed by atoms with E-state index in [-0.39, 0.29) is 11.2 Å². The molecular formula is C19H28FN2O. The summed E-state index contributed by atoms with van der Waals surface area (Å²) in [7, 11) is 1.79. The second kappa shape index (κ2) is 7.29. The summed E-state index contributed by atoms with van der Waals surface area (Å²) in [5.41, 5.74) is 1.21. The standard InChI is InChI=1S/C19H28FN2O/c1-15(22-11-3-4-12-22)19(14-23-2)9-10-21-13-18(19)16-5-7-17(20)8-6-16/h5-8,18,21H,3-4,9-14H2,1-2H3. The fourth-order valence-corrected chi connectivity index (χ4v) is 4.39. The van der Waals surface area contributed by atoms with Crippen LogP contribution in [0.25, 0.3) is 0 Å². The molecule has 0 amide bonds. The van der Waals surface area contributed by atoms with E-state index < -0.39 is 0 Å². The lowest BCUT2D eigenvalue weighted by Gasteiger charge is -2.50. The predicted octanol–water partition coefficient (Wildman–Crippen LogP) is 3.18. The number of halogens is 1. The molecule has 3 rings (SSSR count). The van der Waals surface area contributed by atoms with Gasteiger partial charge in [-0.1, -0.05) is 12.1 Å². The van der Waals surface area contributed by atoms with Crippen LogP contribution in [-0.4, -0.2) is 44.8 Å². The van der Waals surface area contributed by atoms with E-state index in [0.29, 0.717) is 5.92 Å². The lowest BCUT2D eigenvalue weighted by molar-refractivity contribution is 0.0176. The zero-order valence-electron chi connectivity index (χ0n) is 14.3. The lowest BCUT2D eigenvalue weighted by Crippen LogP contribution is -2.52. The summed E-state index contributed by atoms with van der Waals surface area (Å²) < 4.78 is 19.0. The van der Waals surface area contributed by atoms with E-state index in [1.54, 1.807) is 19.2 Å². The van der Waals surface area contributed by atoms with E-state index in [0.717, 1.165) is 39.2 Å². The Morgan fingerprint density at radius 1 is 1.30 bits per heavy atom. The lowest BCUT2D eigenvalue weighted by atomic mass is 9.64. The van der Waals surface area contributed by atoms with E-state index >= 15 is 0 Å². The fourth-order valence-electron chi connectivity index (χ4n) is 4.39. The molecule has 0 aliphatic carbocycles. The largest absolute Gasteiger partial charge is 0.384 e. The van der Waals surface area contributed by atoms with Crippen molar-refractivity contribution in [2.75, 3.05) is 39.9 Å². The number of piperidine rings is 1. The molecule has 2 fully saturated rings. The molecule has 127 valence electrons. The van der Waals surface area contributed by atoms with Gasteiger partial charge in [0.1, 0.15) is 5.82 Å². The summed E-state index contributed by atoms with van der Waals surface area (Å²) in [5, 5.41) is 3.53. The van der Waals surface area contributed by atoms with Crippen LogP contribution in [0.3, 0.4) is 0 Å². The molecule has 2 saturated heterocycles. The first kappa shape index (κ1) is 16.9. The van der Waals surface area contributed by atoms with Crippen molar-refractivity contribution in [3.8, 4) is 0 Å². The third-order valence-corrected chi connectivity index (χ3v) is 5.74. The van der Waals surface area contributed by atoms with Gasteiger partial charge in [-0.3, -0.25) is 4.90 Å². The first-order valence-electron chi connectivity index (χ1n) is 8.71. The molecule has 23 heavy (non-hydrogen) atoms. The van der Waals surface area contributed by atoms with Crippen molar-refractivity contribution in [2.45, 2.75) is 32.1 Å². The number of benzene rings is 1. The predicted molar refractivity (Wildman–Crippen MR) is 90.7 cm³/mol. The normalized spacial score (nSPS) is 29.3. The summed E-state index contributed by atoms with van der Waals surface area (Å²) >= 11 is 0. The molecule has 1 aromatic carbocycles. The van der Waals surface area contributed by atoms with E-state index in [9.17, 15) is 4.39 Å². The van der Waals surface area contributed by atoms with Gasteiger partial charge in [-0.25, -0.2) is 4.39 Å². The maximum atomic E-state index is 13.3. The van der Waals surface area contributed by atoms with Crippen molar-refractivity contribution < 1.29 is 9.13 Å². The number of hydrogen-bond donors (Lipinski definition) is 1. The first-order chi connectivity index (χ1) is 11.2. The van der Waals surface area contributed by atoms with Crippen LogP contribution in [0.15, 0.2) is 24.3 Å². The molecule has 2 heterocycles. The molecule has 1 radical (unpaired) electrons. The third-order valence-electron chi connectivity index (χ3n) is 5.74. The number of hydrogen-bond acceptors (Lipinski definition) is 3. The van der Waals surface area contributed by atoms with Crippen LogP contribution in [0.1, 0.15) is 37.7 Å². The third kappa shape index (κ3) is 3.30. The Kier molecular flexibility index (Phi) is 5.34. The Bertz CT molecular complexity index is 497. The molecule has 2 atom stereocenters. The zero-order valence-corrected chi connectivity index (χ0v) is 14.3. The van der Waals surface area contributed by atoms with Crippen LogP contribution in [-0.2, 0) is 4.74 Å². The van der Waals surface area contributed by atoms with Gasteiger partial charge in [0.2, 0.25) is 0 Å². The van der Waals surface area contributed by atoms with Gasteiger partial charge in [0.15, 0.2) is 0 Å². The van der Waals surface area contributed by atoms with Crippen molar-refractivity contribution >= 4 is 0 Å². The molecule has 3 nitrogen and oxygen atoms in total. The Hall–Kier alpha value is -0.970. The van der Waals surface area contributed by atoms with Gasteiger partial charge in [-0.05, 0) is 63.5 Å². The smallest absolute Gasteiger partial charge is 0.123 e. The number of nitrogens with one attached hydrogen (secondary N) is 1. The molecular weight excluding hydrogens is 291 g/mol. The molecule has 2 aliphatic rings. The Balaban J connectivity index is 1.94. The number of methoxy groups -OCH3 is 1. The van der Waals surface area contributed by atoms with Crippen LogP contribution in [0.4, 0.5) is 4.39 Å². The molecule has 0 spiro atoms.